The molecule has 0 saturated heterocycles. The van der Waals surface area contributed by atoms with E-state index in [4.69, 9.17) is 6.42 Å². The number of alkyl halides is 1. The molecule has 0 heterocycles. The maximum Gasteiger partial charge on any atom is 0.119 e. The van der Waals surface area contributed by atoms with E-state index in [1.807, 2.05) is 49.2 Å². The van der Waals surface area contributed by atoms with E-state index in [1.54, 1.807) is 0 Å². The largest absolute Gasteiger partial charge is 0.290 e. The van der Waals surface area contributed by atoms with Crippen LogP contribution in [0.4, 0.5) is 4.39 Å². The predicted octanol–water partition coefficient (Wildman–Crippen LogP) is 2.52. The van der Waals surface area contributed by atoms with Gasteiger partial charge in [-0.25, -0.2) is 4.39 Å². The lowest BCUT2D eigenvalue weighted by Gasteiger charge is -2.25. The second-order valence-electron chi connectivity index (χ2n) is 4.07. The van der Waals surface area contributed by atoms with Crippen molar-refractivity contribution in [3.05, 3.63) is 35.9 Å². The fraction of sp³-hybridized carbons (Fsp3) is 0.429. The molecule has 0 fully saturated rings. The summed E-state index contributed by atoms with van der Waals surface area (Å²) < 4.78 is 13.9. The van der Waals surface area contributed by atoms with Crippen LogP contribution < -0.4 is 0 Å². The number of hydrogen-bond donors (Lipinski definition) is 0. The summed E-state index contributed by atoms with van der Waals surface area (Å²) in [6.07, 6.45) is 4.76. The Morgan fingerprint density at radius 3 is 2.56 bits per heavy atom. The van der Waals surface area contributed by atoms with E-state index in [9.17, 15) is 4.39 Å². The quantitative estimate of drug-likeness (QED) is 0.686. The minimum absolute atomic E-state index is 0.156. The molecule has 0 bridgehead atoms. The van der Waals surface area contributed by atoms with Crippen LogP contribution in [0.5, 0.6) is 0 Å². The highest BCUT2D eigenvalue weighted by molar-refractivity contribution is 5.15. The van der Waals surface area contributed by atoms with E-state index in [2.05, 4.69) is 5.92 Å². The minimum Gasteiger partial charge on any atom is -0.290 e. The van der Waals surface area contributed by atoms with E-state index < -0.39 is 6.17 Å². The molecule has 1 aromatic rings. The van der Waals surface area contributed by atoms with Gasteiger partial charge in [0, 0.05) is 12.5 Å². The highest BCUT2D eigenvalue weighted by Gasteiger charge is 2.20. The molecular formula is C14H18FN. The molecular weight excluding hydrogens is 200 g/mol. The Kier molecular flexibility index (Phi) is 5.01. The second kappa shape index (κ2) is 6.30. The molecule has 0 amide bonds. The van der Waals surface area contributed by atoms with Gasteiger partial charge in [0.2, 0.25) is 0 Å². The summed E-state index contributed by atoms with van der Waals surface area (Å²) in [5.74, 6) is 2.53. The molecule has 0 N–H and O–H groups in total. The molecule has 16 heavy (non-hydrogen) atoms. The first-order valence-electron chi connectivity index (χ1n) is 5.47. The molecule has 0 saturated carbocycles. The van der Waals surface area contributed by atoms with E-state index in [1.165, 1.54) is 0 Å². The third-order valence-corrected chi connectivity index (χ3v) is 2.83. The van der Waals surface area contributed by atoms with Gasteiger partial charge < -0.3 is 0 Å². The molecule has 2 heteroatoms. The number of terminal acetylenes is 1. The molecule has 2 atom stereocenters. The van der Waals surface area contributed by atoms with Crippen molar-refractivity contribution in [3.8, 4) is 12.3 Å². The zero-order valence-electron chi connectivity index (χ0n) is 9.86. The van der Waals surface area contributed by atoms with Gasteiger partial charge in [0.05, 0.1) is 6.54 Å². The molecule has 1 nitrogen and oxygen atoms in total. The predicted molar refractivity (Wildman–Crippen MR) is 66.0 cm³/mol. The molecule has 2 unspecified atom stereocenters. The van der Waals surface area contributed by atoms with Crippen LogP contribution in [0.2, 0.25) is 0 Å². The fourth-order valence-corrected chi connectivity index (χ4v) is 1.57. The molecule has 1 rings (SSSR count). The average Bonchev–Trinajstić information content (AvgIpc) is 2.29. The van der Waals surface area contributed by atoms with Crippen molar-refractivity contribution >= 4 is 0 Å². The van der Waals surface area contributed by atoms with Crippen molar-refractivity contribution in [2.24, 2.45) is 0 Å². The van der Waals surface area contributed by atoms with E-state index >= 15 is 0 Å². The zero-order chi connectivity index (χ0) is 12.0. The molecule has 0 radical (unpaired) electrons. The van der Waals surface area contributed by atoms with Gasteiger partial charge in [-0.15, -0.1) is 6.42 Å². The van der Waals surface area contributed by atoms with Crippen LogP contribution in [0, 0.1) is 12.3 Å². The first kappa shape index (κ1) is 12.7. The molecule has 1 aromatic carbocycles. The monoisotopic (exact) mass is 218 g/mol. The van der Waals surface area contributed by atoms with Gasteiger partial charge in [0.1, 0.15) is 6.17 Å². The normalized spacial score (nSPS) is 14.4. The Bertz CT molecular complexity index is 342. The number of nitrogens with zero attached hydrogens (tertiary/aromatic N) is 1. The molecule has 0 aliphatic carbocycles. The van der Waals surface area contributed by atoms with Gasteiger partial charge in [-0.1, -0.05) is 36.3 Å². The van der Waals surface area contributed by atoms with Crippen LogP contribution in [0.15, 0.2) is 30.3 Å². The number of rotatable bonds is 5. The summed E-state index contributed by atoms with van der Waals surface area (Å²) in [4.78, 5) is 1.85. The zero-order valence-corrected chi connectivity index (χ0v) is 9.86. The Balaban J connectivity index is 2.52. The molecule has 0 aliphatic rings. The number of halogens is 1. The highest BCUT2D eigenvalue weighted by Crippen LogP contribution is 2.12. The summed E-state index contributed by atoms with van der Waals surface area (Å²) in [5, 5.41) is 0. The number of hydrogen-bond acceptors (Lipinski definition) is 1. The van der Waals surface area contributed by atoms with E-state index in [0.717, 1.165) is 5.56 Å². The summed E-state index contributed by atoms with van der Waals surface area (Å²) in [5.41, 5.74) is 1.02. The topological polar surface area (TPSA) is 3.24 Å². The fourth-order valence-electron chi connectivity index (χ4n) is 1.57. The Morgan fingerprint density at radius 1 is 1.38 bits per heavy atom. The standard InChI is InChI=1S/C14H18FN/c1-4-10-16(3)12(2)14(15)11-13-8-6-5-7-9-13/h1,5-9,12,14H,10-11H2,2-3H3/i15-1. The van der Waals surface area contributed by atoms with Gasteiger partial charge in [-0.3, -0.25) is 4.90 Å². The summed E-state index contributed by atoms with van der Waals surface area (Å²) in [6.45, 7) is 2.35. The van der Waals surface area contributed by atoms with Crippen LogP contribution in [0.25, 0.3) is 0 Å². The van der Waals surface area contributed by atoms with Crippen molar-refractivity contribution in [2.45, 2.75) is 25.6 Å². The van der Waals surface area contributed by atoms with Crippen molar-refractivity contribution in [1.82, 2.24) is 4.90 Å². The van der Waals surface area contributed by atoms with Crippen LogP contribution in [-0.4, -0.2) is 30.7 Å². The van der Waals surface area contributed by atoms with Crippen molar-refractivity contribution in [3.63, 3.8) is 0 Å². The molecule has 0 aliphatic heterocycles. The molecule has 86 valence electrons. The minimum atomic E-state index is -0.888. The van der Waals surface area contributed by atoms with E-state index in [-0.39, 0.29) is 6.04 Å². The summed E-state index contributed by atoms with van der Waals surface area (Å²) in [7, 11) is 1.85. The highest BCUT2D eigenvalue weighted by atomic mass is 18.2. The van der Waals surface area contributed by atoms with Crippen molar-refractivity contribution < 1.29 is 4.39 Å². The SMILES string of the molecule is C#CCN(C)C(C)C([18F])Cc1ccccc1. The average molecular weight is 218 g/mol. The van der Waals surface area contributed by atoms with Gasteiger partial charge >= 0.3 is 0 Å². The van der Waals surface area contributed by atoms with Crippen LogP contribution in [-0.2, 0) is 6.42 Å². The van der Waals surface area contributed by atoms with Crippen LogP contribution in [0.1, 0.15) is 12.5 Å². The van der Waals surface area contributed by atoms with Crippen molar-refractivity contribution in [2.75, 3.05) is 13.6 Å². The Labute approximate surface area is 97.3 Å². The first-order valence-corrected chi connectivity index (χ1v) is 5.47. The van der Waals surface area contributed by atoms with Crippen LogP contribution in [0.3, 0.4) is 0 Å². The lowest BCUT2D eigenvalue weighted by Crippen LogP contribution is -2.38. The van der Waals surface area contributed by atoms with Crippen molar-refractivity contribution in [1.29, 1.82) is 0 Å². The maximum absolute atomic E-state index is 13.9. The van der Waals surface area contributed by atoms with Gasteiger partial charge in [-0.05, 0) is 19.5 Å². The summed E-state index contributed by atoms with van der Waals surface area (Å²) >= 11 is 0. The summed E-state index contributed by atoms with van der Waals surface area (Å²) in [6, 6.07) is 9.53. The first-order chi connectivity index (χ1) is 7.65. The maximum atomic E-state index is 13.9. The second-order valence-corrected chi connectivity index (χ2v) is 4.07. The third-order valence-electron chi connectivity index (χ3n) is 2.83. The third kappa shape index (κ3) is 3.67. The molecule has 0 spiro atoms. The van der Waals surface area contributed by atoms with Gasteiger partial charge in [0.15, 0.2) is 0 Å². The van der Waals surface area contributed by atoms with Gasteiger partial charge in [0.25, 0.3) is 0 Å². The molecule has 0 aromatic heterocycles. The van der Waals surface area contributed by atoms with E-state index in [0.29, 0.717) is 13.0 Å². The number of benzene rings is 1. The van der Waals surface area contributed by atoms with Crippen LogP contribution >= 0.6 is 0 Å². The lowest BCUT2D eigenvalue weighted by molar-refractivity contribution is 0.160. The Hall–Kier alpha value is -1.33. The Morgan fingerprint density at radius 2 is 2.00 bits per heavy atom. The smallest absolute Gasteiger partial charge is 0.119 e. The lowest BCUT2D eigenvalue weighted by atomic mass is 10.0. The van der Waals surface area contributed by atoms with Gasteiger partial charge in [-0.2, -0.15) is 0 Å².